The smallest absolute Gasteiger partial charge is 0.423 e. The van der Waals surface area contributed by atoms with Crippen molar-refractivity contribution >= 4 is 35.8 Å². The average Bonchev–Trinajstić information content (AvgIpc) is 2.08. The third kappa shape index (κ3) is 2.23. The van der Waals surface area contributed by atoms with Crippen LogP contribution in [-0.2, 0) is 0 Å². The number of rotatable bonds is 2. The van der Waals surface area contributed by atoms with Gasteiger partial charge in [0, 0.05) is 0 Å². The van der Waals surface area contributed by atoms with Crippen LogP contribution in [-0.4, -0.2) is 17.2 Å². The molecule has 0 heterocycles. The largest absolute Gasteiger partial charge is 0.488 e. The molecule has 5 heteroatoms. The Bertz CT molecular complexity index is 340. The fourth-order valence-corrected chi connectivity index (χ4v) is 1.95. The minimum atomic E-state index is -1.51. The summed E-state index contributed by atoms with van der Waals surface area (Å²) in [5.41, 5.74) is 1.10. The maximum atomic E-state index is 9.12. The van der Waals surface area contributed by atoms with Crippen LogP contribution in [0.5, 0.6) is 0 Å². The lowest BCUT2D eigenvalue weighted by Gasteiger charge is -2.15. The Morgan fingerprint density at radius 3 is 2.21 bits per heavy atom. The highest BCUT2D eigenvalue weighted by Gasteiger charge is 2.21. The molecule has 0 saturated carbocycles. The molecule has 0 aliphatic heterocycles. The van der Waals surface area contributed by atoms with Gasteiger partial charge in [-0.2, -0.15) is 0 Å². The van der Waals surface area contributed by atoms with Crippen LogP contribution in [0.25, 0.3) is 0 Å². The Labute approximate surface area is 93.6 Å². The first kappa shape index (κ1) is 11.9. The van der Waals surface area contributed by atoms with E-state index in [-0.39, 0.29) is 5.92 Å². The van der Waals surface area contributed by atoms with Crippen molar-refractivity contribution < 1.29 is 10.0 Å². The standard InChI is InChI=1S/C9H11BCl2O2/c1-5(2)8-6(10(13)14)3-4-7(11)9(8)12/h3-5,13-14H,1-2H3. The molecular weight excluding hydrogens is 222 g/mol. The SMILES string of the molecule is CC(C)c1c(B(O)O)ccc(Cl)c1Cl. The summed E-state index contributed by atoms with van der Waals surface area (Å²) in [7, 11) is -1.51. The molecule has 1 aromatic rings. The first-order chi connectivity index (χ1) is 6.45. The van der Waals surface area contributed by atoms with Gasteiger partial charge in [-0.15, -0.1) is 0 Å². The van der Waals surface area contributed by atoms with Crippen LogP contribution in [0.1, 0.15) is 25.3 Å². The van der Waals surface area contributed by atoms with Gasteiger partial charge in [-0.3, -0.25) is 0 Å². The van der Waals surface area contributed by atoms with Crippen LogP contribution in [0.2, 0.25) is 10.0 Å². The van der Waals surface area contributed by atoms with Gasteiger partial charge in [-0.1, -0.05) is 43.1 Å². The van der Waals surface area contributed by atoms with Gasteiger partial charge in [0.25, 0.3) is 0 Å². The predicted molar refractivity (Wildman–Crippen MR) is 60.4 cm³/mol. The Balaban J connectivity index is 3.38. The van der Waals surface area contributed by atoms with Crippen molar-refractivity contribution in [3.8, 4) is 0 Å². The molecule has 76 valence electrons. The minimum Gasteiger partial charge on any atom is -0.423 e. The third-order valence-corrected chi connectivity index (χ3v) is 2.84. The summed E-state index contributed by atoms with van der Waals surface area (Å²) >= 11 is 11.8. The zero-order valence-electron chi connectivity index (χ0n) is 7.96. The van der Waals surface area contributed by atoms with E-state index in [2.05, 4.69) is 0 Å². The zero-order valence-corrected chi connectivity index (χ0v) is 9.47. The Morgan fingerprint density at radius 1 is 1.21 bits per heavy atom. The van der Waals surface area contributed by atoms with E-state index in [1.807, 2.05) is 13.8 Å². The van der Waals surface area contributed by atoms with Gasteiger partial charge in [-0.25, -0.2) is 0 Å². The lowest BCUT2D eigenvalue weighted by Crippen LogP contribution is -2.33. The summed E-state index contributed by atoms with van der Waals surface area (Å²) in [4.78, 5) is 0. The van der Waals surface area contributed by atoms with E-state index in [9.17, 15) is 0 Å². The summed E-state index contributed by atoms with van der Waals surface area (Å²) in [6.07, 6.45) is 0. The summed E-state index contributed by atoms with van der Waals surface area (Å²) in [5, 5.41) is 19.1. The van der Waals surface area contributed by atoms with Gasteiger partial charge >= 0.3 is 7.12 Å². The summed E-state index contributed by atoms with van der Waals surface area (Å²) < 4.78 is 0. The average molecular weight is 233 g/mol. The number of hydrogen-bond donors (Lipinski definition) is 2. The molecule has 0 aromatic heterocycles. The highest BCUT2D eigenvalue weighted by molar-refractivity contribution is 6.60. The van der Waals surface area contributed by atoms with E-state index < -0.39 is 7.12 Å². The lowest BCUT2D eigenvalue weighted by molar-refractivity contribution is 0.425. The molecule has 2 nitrogen and oxygen atoms in total. The van der Waals surface area contributed by atoms with Crippen molar-refractivity contribution in [1.29, 1.82) is 0 Å². The van der Waals surface area contributed by atoms with Crippen LogP contribution < -0.4 is 5.46 Å². The normalized spacial score (nSPS) is 10.8. The van der Waals surface area contributed by atoms with E-state index in [1.54, 1.807) is 12.1 Å². The number of hydrogen-bond acceptors (Lipinski definition) is 2. The van der Waals surface area contributed by atoms with E-state index in [0.29, 0.717) is 21.1 Å². The van der Waals surface area contributed by atoms with Gasteiger partial charge in [-0.05, 0) is 23.0 Å². The molecule has 0 aliphatic carbocycles. The molecule has 0 unspecified atom stereocenters. The van der Waals surface area contributed by atoms with Crippen LogP contribution in [0, 0.1) is 0 Å². The van der Waals surface area contributed by atoms with Gasteiger partial charge in [0.2, 0.25) is 0 Å². The van der Waals surface area contributed by atoms with Gasteiger partial charge in [0.05, 0.1) is 10.0 Å². The Hall–Kier alpha value is -0.215. The second-order valence-electron chi connectivity index (χ2n) is 3.39. The predicted octanol–water partition coefficient (Wildman–Crippen LogP) is 1.80. The van der Waals surface area contributed by atoms with E-state index in [1.165, 1.54) is 0 Å². The van der Waals surface area contributed by atoms with E-state index in [0.717, 1.165) is 0 Å². The molecule has 1 aromatic carbocycles. The molecule has 0 bridgehead atoms. The second kappa shape index (κ2) is 4.54. The van der Waals surface area contributed by atoms with Crippen molar-refractivity contribution in [2.24, 2.45) is 0 Å². The molecule has 2 N–H and O–H groups in total. The lowest BCUT2D eigenvalue weighted by atomic mass is 9.74. The molecule has 0 amide bonds. The van der Waals surface area contributed by atoms with Crippen LogP contribution in [0.3, 0.4) is 0 Å². The zero-order chi connectivity index (χ0) is 10.9. The summed E-state index contributed by atoms with van der Waals surface area (Å²) in [6, 6.07) is 3.14. The minimum absolute atomic E-state index is 0.0954. The molecule has 0 fully saturated rings. The molecule has 0 radical (unpaired) electrons. The van der Waals surface area contributed by atoms with Crippen LogP contribution in [0.15, 0.2) is 12.1 Å². The Kier molecular flexibility index (Phi) is 3.84. The summed E-state index contributed by atoms with van der Waals surface area (Å²) in [5.74, 6) is 0.0954. The molecule has 0 spiro atoms. The van der Waals surface area contributed by atoms with E-state index in [4.69, 9.17) is 33.2 Å². The van der Waals surface area contributed by atoms with Crippen molar-refractivity contribution in [3.63, 3.8) is 0 Å². The number of benzene rings is 1. The molecule has 14 heavy (non-hydrogen) atoms. The van der Waals surface area contributed by atoms with Crippen molar-refractivity contribution in [3.05, 3.63) is 27.7 Å². The quantitative estimate of drug-likeness (QED) is 0.764. The van der Waals surface area contributed by atoms with E-state index >= 15 is 0 Å². The fraction of sp³-hybridized carbons (Fsp3) is 0.333. The number of halogens is 2. The van der Waals surface area contributed by atoms with Gasteiger partial charge in [0.15, 0.2) is 0 Å². The molecular formula is C9H11BCl2O2. The van der Waals surface area contributed by atoms with Gasteiger partial charge < -0.3 is 10.0 Å². The Morgan fingerprint density at radius 2 is 1.79 bits per heavy atom. The highest BCUT2D eigenvalue weighted by atomic mass is 35.5. The topological polar surface area (TPSA) is 40.5 Å². The van der Waals surface area contributed by atoms with Gasteiger partial charge in [0.1, 0.15) is 0 Å². The molecule has 1 rings (SSSR count). The maximum Gasteiger partial charge on any atom is 0.488 e. The van der Waals surface area contributed by atoms with Crippen molar-refractivity contribution in [2.45, 2.75) is 19.8 Å². The molecule has 0 atom stereocenters. The van der Waals surface area contributed by atoms with Crippen LogP contribution >= 0.6 is 23.2 Å². The van der Waals surface area contributed by atoms with Crippen LogP contribution in [0.4, 0.5) is 0 Å². The van der Waals surface area contributed by atoms with Crippen molar-refractivity contribution in [1.82, 2.24) is 0 Å². The van der Waals surface area contributed by atoms with Crippen molar-refractivity contribution in [2.75, 3.05) is 0 Å². The second-order valence-corrected chi connectivity index (χ2v) is 4.18. The fourth-order valence-electron chi connectivity index (χ4n) is 1.39. The maximum absolute atomic E-state index is 9.12. The first-order valence-electron chi connectivity index (χ1n) is 4.29. The first-order valence-corrected chi connectivity index (χ1v) is 5.04. The monoisotopic (exact) mass is 232 g/mol. The molecule has 0 saturated heterocycles. The highest BCUT2D eigenvalue weighted by Crippen LogP contribution is 2.29. The third-order valence-electron chi connectivity index (χ3n) is 2.02. The molecule has 0 aliphatic rings. The summed E-state index contributed by atoms with van der Waals surface area (Å²) in [6.45, 7) is 3.84.